The number of aliphatic hydroxyl groups excluding tert-OH is 1. The van der Waals surface area contributed by atoms with Crippen molar-refractivity contribution in [2.75, 3.05) is 7.11 Å². The lowest BCUT2D eigenvalue weighted by Crippen LogP contribution is -2.44. The highest BCUT2D eigenvalue weighted by molar-refractivity contribution is 5.83. The van der Waals surface area contributed by atoms with Crippen LogP contribution in [0.25, 0.3) is 0 Å². The van der Waals surface area contributed by atoms with Crippen LogP contribution in [0.15, 0.2) is 23.8 Å². The predicted octanol–water partition coefficient (Wildman–Crippen LogP) is 3.50. The number of cyclic esters (lactones) is 1. The number of ether oxygens (including phenoxy) is 2. The van der Waals surface area contributed by atoms with E-state index in [2.05, 4.69) is 10.8 Å². The fourth-order valence-corrected chi connectivity index (χ4v) is 2.92. The van der Waals surface area contributed by atoms with Gasteiger partial charge in [-0.3, -0.25) is 0 Å². The van der Waals surface area contributed by atoms with E-state index in [0.717, 1.165) is 6.42 Å². The SMILES string of the molecule is CO[C@@H]([C@@H](C)[C@H](O)C[C@H]1OC(=O)C=CC1(F)F)[C@@H](C)CC=C(C)C. The van der Waals surface area contributed by atoms with Crippen molar-refractivity contribution in [1.82, 2.24) is 0 Å². The van der Waals surface area contributed by atoms with Gasteiger partial charge in [-0.05, 0) is 32.3 Å². The first-order valence-electron chi connectivity index (χ1n) is 8.20. The minimum Gasteiger partial charge on any atom is -0.452 e. The Morgan fingerprint density at radius 2 is 2.08 bits per heavy atom. The van der Waals surface area contributed by atoms with Crippen molar-refractivity contribution < 1.29 is 28.2 Å². The number of allylic oxidation sites excluding steroid dienone is 2. The molecule has 1 aliphatic heterocycles. The lowest BCUT2D eigenvalue weighted by atomic mass is 9.84. The summed E-state index contributed by atoms with van der Waals surface area (Å²) in [5.41, 5.74) is 1.19. The number of hydrogen-bond acceptors (Lipinski definition) is 4. The number of methoxy groups -OCH3 is 1. The number of hydrogen-bond donors (Lipinski definition) is 1. The third kappa shape index (κ3) is 5.67. The van der Waals surface area contributed by atoms with Gasteiger partial charge in [-0.15, -0.1) is 0 Å². The molecule has 0 unspecified atom stereocenters. The Morgan fingerprint density at radius 1 is 1.46 bits per heavy atom. The topological polar surface area (TPSA) is 55.8 Å². The van der Waals surface area contributed by atoms with Crippen molar-refractivity contribution >= 4 is 5.97 Å². The summed E-state index contributed by atoms with van der Waals surface area (Å²) in [4.78, 5) is 11.2. The van der Waals surface area contributed by atoms with E-state index in [9.17, 15) is 18.7 Å². The van der Waals surface area contributed by atoms with Crippen LogP contribution >= 0.6 is 0 Å². The maximum absolute atomic E-state index is 13.8. The number of carbonyl (C=O) groups is 1. The van der Waals surface area contributed by atoms with Gasteiger partial charge in [0.1, 0.15) is 0 Å². The molecule has 6 heteroatoms. The van der Waals surface area contributed by atoms with Crippen LogP contribution in [0.5, 0.6) is 0 Å². The lowest BCUT2D eigenvalue weighted by molar-refractivity contribution is -0.170. The van der Waals surface area contributed by atoms with E-state index in [-0.39, 0.29) is 24.4 Å². The molecule has 24 heavy (non-hydrogen) atoms. The normalized spacial score (nSPS) is 24.7. The molecule has 0 aliphatic carbocycles. The van der Waals surface area contributed by atoms with Crippen molar-refractivity contribution in [1.29, 1.82) is 0 Å². The number of halogens is 2. The highest BCUT2D eigenvalue weighted by Gasteiger charge is 2.45. The van der Waals surface area contributed by atoms with Crippen LogP contribution in [-0.2, 0) is 14.3 Å². The molecule has 1 rings (SSSR count). The van der Waals surface area contributed by atoms with E-state index in [4.69, 9.17) is 4.74 Å². The molecule has 0 aromatic carbocycles. The van der Waals surface area contributed by atoms with Crippen LogP contribution < -0.4 is 0 Å². The first kappa shape index (κ1) is 20.8. The molecule has 0 radical (unpaired) electrons. The van der Waals surface area contributed by atoms with E-state index in [1.54, 1.807) is 14.0 Å². The number of esters is 1. The molecule has 0 aromatic rings. The van der Waals surface area contributed by atoms with Gasteiger partial charge in [-0.25, -0.2) is 4.79 Å². The molecule has 4 nitrogen and oxygen atoms in total. The molecule has 5 atom stereocenters. The second-order valence-electron chi connectivity index (χ2n) is 6.79. The highest BCUT2D eigenvalue weighted by Crippen LogP contribution is 2.32. The summed E-state index contributed by atoms with van der Waals surface area (Å²) >= 11 is 0. The molecule has 0 saturated carbocycles. The van der Waals surface area contributed by atoms with Crippen LogP contribution in [0.3, 0.4) is 0 Å². The summed E-state index contributed by atoms with van der Waals surface area (Å²) in [6.07, 6.45) is 0.751. The summed E-state index contributed by atoms with van der Waals surface area (Å²) in [7, 11) is 1.55. The van der Waals surface area contributed by atoms with E-state index in [1.807, 2.05) is 20.8 Å². The number of aliphatic hydroxyl groups is 1. The summed E-state index contributed by atoms with van der Waals surface area (Å²) in [6, 6.07) is 0. The van der Waals surface area contributed by atoms with Crippen LogP contribution in [0.4, 0.5) is 8.78 Å². The number of rotatable bonds is 8. The summed E-state index contributed by atoms with van der Waals surface area (Å²) in [5, 5.41) is 10.4. The smallest absolute Gasteiger partial charge is 0.331 e. The van der Waals surface area contributed by atoms with Gasteiger partial charge in [0.15, 0.2) is 6.10 Å². The molecule has 0 amide bonds. The Bertz CT molecular complexity index is 483. The molecule has 0 bridgehead atoms. The monoisotopic (exact) mass is 346 g/mol. The van der Waals surface area contributed by atoms with Gasteiger partial charge in [0.2, 0.25) is 0 Å². The standard InChI is InChI=1S/C18H28F2O4/c1-11(2)6-7-12(3)17(23-5)13(4)14(21)10-15-18(19,20)9-8-16(22)24-15/h6,8-9,12-15,17,21H,7,10H2,1-5H3/t12-,13-,14+,15+,17+/m0/s1. The second-order valence-corrected chi connectivity index (χ2v) is 6.79. The minimum absolute atomic E-state index is 0.115. The van der Waals surface area contributed by atoms with E-state index in [1.165, 1.54) is 5.57 Å². The van der Waals surface area contributed by atoms with E-state index in [0.29, 0.717) is 12.2 Å². The average Bonchev–Trinajstić information content (AvgIpc) is 2.49. The third-order valence-corrected chi connectivity index (χ3v) is 4.44. The van der Waals surface area contributed by atoms with Crippen molar-refractivity contribution in [3.05, 3.63) is 23.8 Å². The van der Waals surface area contributed by atoms with Gasteiger partial charge >= 0.3 is 11.9 Å². The molecule has 0 saturated heterocycles. The Hall–Kier alpha value is -1.27. The van der Waals surface area contributed by atoms with Crippen molar-refractivity contribution in [3.63, 3.8) is 0 Å². The largest absolute Gasteiger partial charge is 0.452 e. The summed E-state index contributed by atoms with van der Waals surface area (Å²) in [5.74, 6) is -4.35. The number of carbonyl (C=O) groups excluding carboxylic acids is 1. The van der Waals surface area contributed by atoms with Gasteiger partial charge in [-0.2, -0.15) is 8.78 Å². The van der Waals surface area contributed by atoms with E-state index < -0.39 is 24.1 Å². The Balaban J connectivity index is 2.74. The zero-order chi connectivity index (χ0) is 18.5. The molecule has 0 spiro atoms. The van der Waals surface area contributed by atoms with Crippen molar-refractivity contribution in [2.24, 2.45) is 11.8 Å². The third-order valence-electron chi connectivity index (χ3n) is 4.44. The fraction of sp³-hybridized carbons (Fsp3) is 0.722. The Morgan fingerprint density at radius 3 is 2.62 bits per heavy atom. The predicted molar refractivity (Wildman–Crippen MR) is 87.8 cm³/mol. The van der Waals surface area contributed by atoms with Crippen LogP contribution in [0, 0.1) is 11.8 Å². The van der Waals surface area contributed by atoms with Crippen LogP contribution in [-0.4, -0.2) is 42.4 Å². The highest BCUT2D eigenvalue weighted by atomic mass is 19.3. The molecular formula is C18H28F2O4. The first-order chi connectivity index (χ1) is 11.1. The van der Waals surface area contributed by atoms with Gasteiger partial charge in [0, 0.05) is 25.5 Å². The molecule has 138 valence electrons. The van der Waals surface area contributed by atoms with Gasteiger partial charge < -0.3 is 14.6 Å². The van der Waals surface area contributed by atoms with Crippen LogP contribution in [0.2, 0.25) is 0 Å². The van der Waals surface area contributed by atoms with Gasteiger partial charge in [0.25, 0.3) is 0 Å². The van der Waals surface area contributed by atoms with Crippen molar-refractivity contribution in [2.45, 2.75) is 64.8 Å². The Labute approximate surface area is 142 Å². The summed E-state index contributed by atoms with van der Waals surface area (Å²) < 4.78 is 37.8. The minimum atomic E-state index is -3.27. The van der Waals surface area contributed by atoms with Gasteiger partial charge in [0.05, 0.1) is 12.2 Å². The zero-order valence-corrected chi connectivity index (χ0v) is 15.0. The Kier molecular flexibility index (Phi) is 7.55. The molecule has 1 N–H and O–H groups in total. The zero-order valence-electron chi connectivity index (χ0n) is 15.0. The summed E-state index contributed by atoms with van der Waals surface area (Å²) in [6.45, 7) is 7.75. The molecule has 0 fully saturated rings. The maximum Gasteiger partial charge on any atom is 0.331 e. The lowest BCUT2D eigenvalue weighted by Gasteiger charge is -2.34. The first-order valence-corrected chi connectivity index (χ1v) is 8.20. The quantitative estimate of drug-likeness (QED) is 0.540. The average molecular weight is 346 g/mol. The fourth-order valence-electron chi connectivity index (χ4n) is 2.92. The van der Waals surface area contributed by atoms with Gasteiger partial charge in [-0.1, -0.05) is 25.5 Å². The van der Waals surface area contributed by atoms with Crippen molar-refractivity contribution in [3.8, 4) is 0 Å². The second kappa shape index (κ2) is 8.72. The molecular weight excluding hydrogens is 318 g/mol. The number of alkyl halides is 2. The van der Waals surface area contributed by atoms with E-state index >= 15 is 0 Å². The maximum atomic E-state index is 13.8. The van der Waals surface area contributed by atoms with Crippen LogP contribution in [0.1, 0.15) is 40.5 Å². The molecule has 1 heterocycles. The molecule has 1 aliphatic rings. The molecule has 0 aromatic heterocycles.